The molecule has 0 radical (unpaired) electrons. The molecule has 0 bridgehead atoms. The summed E-state index contributed by atoms with van der Waals surface area (Å²) in [4.78, 5) is 30.9. The first-order valence-corrected chi connectivity index (χ1v) is 5.26. The van der Waals surface area contributed by atoms with Crippen molar-refractivity contribution in [2.45, 2.75) is 25.9 Å². The van der Waals surface area contributed by atoms with Crippen LogP contribution in [-0.4, -0.2) is 37.1 Å². The number of carbonyl (C=O) groups excluding carboxylic acids is 3. The van der Waals surface area contributed by atoms with Crippen molar-refractivity contribution in [1.29, 1.82) is 0 Å². The Morgan fingerprint density at radius 2 is 2.00 bits per heavy atom. The molecule has 0 aromatic carbocycles. The molecule has 17 heavy (non-hydrogen) atoms. The number of ether oxygens (including phenoxy) is 2. The van der Waals surface area contributed by atoms with E-state index < -0.39 is 0 Å². The van der Waals surface area contributed by atoms with Crippen LogP contribution < -0.4 is 5.32 Å². The third-order valence-electron chi connectivity index (χ3n) is 2.01. The average Bonchev–Trinajstić information content (AvgIpc) is 3.01. The van der Waals surface area contributed by atoms with E-state index in [0.717, 1.165) is 0 Å². The fraction of sp³-hybridized carbons (Fsp3) is 0.545. The van der Waals surface area contributed by atoms with Gasteiger partial charge in [0.1, 0.15) is 12.7 Å². The van der Waals surface area contributed by atoms with Gasteiger partial charge in [-0.1, -0.05) is 6.58 Å². The summed E-state index contributed by atoms with van der Waals surface area (Å²) in [6, 6.07) is 0. The number of imide groups is 1. The van der Waals surface area contributed by atoms with E-state index in [1.807, 2.05) is 0 Å². The van der Waals surface area contributed by atoms with Crippen molar-refractivity contribution in [3.8, 4) is 0 Å². The number of rotatable bonds is 3. The Hall–Kier alpha value is -1.69. The first kappa shape index (κ1) is 13.4. The summed E-state index contributed by atoms with van der Waals surface area (Å²) >= 11 is 0. The van der Waals surface area contributed by atoms with Crippen LogP contribution in [0.2, 0.25) is 0 Å². The van der Waals surface area contributed by atoms with Crippen molar-refractivity contribution in [2.75, 3.05) is 13.2 Å². The molecule has 94 valence electrons. The lowest BCUT2D eigenvalue weighted by molar-refractivity contribution is -0.139. The number of epoxide rings is 1. The second-order valence-electron chi connectivity index (χ2n) is 3.81. The molecule has 2 fully saturated rings. The average molecular weight is 241 g/mol. The lowest BCUT2D eigenvalue weighted by atomic mass is 10.4. The number of hydrogen-bond donors (Lipinski definition) is 1. The van der Waals surface area contributed by atoms with E-state index in [0.29, 0.717) is 31.6 Å². The van der Waals surface area contributed by atoms with Crippen molar-refractivity contribution in [3.63, 3.8) is 0 Å². The van der Waals surface area contributed by atoms with Gasteiger partial charge in [0.2, 0.25) is 11.8 Å². The monoisotopic (exact) mass is 241 g/mol. The number of amides is 2. The zero-order valence-electron chi connectivity index (χ0n) is 9.65. The van der Waals surface area contributed by atoms with E-state index in [-0.39, 0.29) is 23.9 Å². The van der Waals surface area contributed by atoms with Crippen molar-refractivity contribution in [1.82, 2.24) is 5.32 Å². The van der Waals surface area contributed by atoms with Gasteiger partial charge in [0.25, 0.3) is 0 Å². The van der Waals surface area contributed by atoms with Crippen LogP contribution in [0.15, 0.2) is 12.2 Å². The maximum absolute atomic E-state index is 10.7. The molecule has 6 heteroatoms. The van der Waals surface area contributed by atoms with Crippen LogP contribution in [0.5, 0.6) is 0 Å². The quantitative estimate of drug-likeness (QED) is 0.323. The Kier molecular flexibility index (Phi) is 4.84. The van der Waals surface area contributed by atoms with E-state index in [2.05, 4.69) is 11.9 Å². The largest absolute Gasteiger partial charge is 0.459 e. The van der Waals surface area contributed by atoms with Crippen molar-refractivity contribution in [2.24, 2.45) is 0 Å². The first-order valence-electron chi connectivity index (χ1n) is 5.26. The lowest BCUT2D eigenvalue weighted by Gasteiger charge is -1.99. The third kappa shape index (κ3) is 5.82. The second-order valence-corrected chi connectivity index (χ2v) is 3.81. The molecule has 1 N–H and O–H groups in total. The van der Waals surface area contributed by atoms with Gasteiger partial charge in [0.05, 0.1) is 6.61 Å². The van der Waals surface area contributed by atoms with Crippen molar-refractivity contribution >= 4 is 17.8 Å². The van der Waals surface area contributed by atoms with Crippen LogP contribution in [0, 0.1) is 0 Å². The molecule has 0 aliphatic carbocycles. The summed E-state index contributed by atoms with van der Waals surface area (Å²) in [5.41, 5.74) is 0.431. The molecule has 0 aromatic rings. The predicted molar refractivity (Wildman–Crippen MR) is 57.9 cm³/mol. The van der Waals surface area contributed by atoms with Crippen LogP contribution in [-0.2, 0) is 23.9 Å². The highest BCUT2D eigenvalue weighted by molar-refractivity contribution is 6.01. The minimum Gasteiger partial charge on any atom is -0.459 e. The highest BCUT2D eigenvalue weighted by Crippen LogP contribution is 2.09. The Morgan fingerprint density at radius 1 is 1.47 bits per heavy atom. The Bertz CT molecular complexity index is 332. The molecule has 6 nitrogen and oxygen atoms in total. The van der Waals surface area contributed by atoms with Crippen LogP contribution in [0.4, 0.5) is 0 Å². The smallest absolute Gasteiger partial charge is 0.333 e. The van der Waals surface area contributed by atoms with Crippen LogP contribution in [0.1, 0.15) is 19.8 Å². The summed E-state index contributed by atoms with van der Waals surface area (Å²) in [7, 11) is 0. The first-order chi connectivity index (χ1) is 7.99. The lowest BCUT2D eigenvalue weighted by Crippen LogP contribution is -2.18. The summed E-state index contributed by atoms with van der Waals surface area (Å²) in [5.74, 6) is -0.634. The van der Waals surface area contributed by atoms with E-state index in [4.69, 9.17) is 9.47 Å². The SMILES string of the molecule is C=C(C)C(=O)OCC1CO1.O=C1CCC(=O)N1. The molecule has 1 unspecified atom stereocenters. The standard InChI is InChI=1S/C7H10O3.C4H5NO2/c1-5(2)7(8)10-4-6-3-9-6;6-3-1-2-4(7)5-3/h6H,1,3-4H2,2H3;1-2H2,(H,5,6,7). The van der Waals surface area contributed by atoms with Crippen LogP contribution in [0.3, 0.4) is 0 Å². The van der Waals surface area contributed by atoms with Gasteiger partial charge in [-0.3, -0.25) is 14.9 Å². The normalized spacial score (nSPS) is 21.1. The molecule has 0 aromatic heterocycles. The molecule has 0 spiro atoms. The molecule has 1 atom stereocenters. The number of carbonyl (C=O) groups is 3. The molecule has 2 rings (SSSR count). The predicted octanol–water partition coefficient (Wildman–Crippen LogP) is -0.0725. The maximum Gasteiger partial charge on any atom is 0.333 e. The van der Waals surface area contributed by atoms with Gasteiger partial charge in [-0.2, -0.15) is 0 Å². The van der Waals surface area contributed by atoms with Crippen molar-refractivity contribution in [3.05, 3.63) is 12.2 Å². The van der Waals surface area contributed by atoms with E-state index in [9.17, 15) is 14.4 Å². The van der Waals surface area contributed by atoms with Gasteiger partial charge < -0.3 is 9.47 Å². The van der Waals surface area contributed by atoms with Crippen molar-refractivity contribution < 1.29 is 23.9 Å². The Labute approximate surface area is 99.0 Å². The Morgan fingerprint density at radius 3 is 2.29 bits per heavy atom. The van der Waals surface area contributed by atoms with Gasteiger partial charge in [0, 0.05) is 18.4 Å². The van der Waals surface area contributed by atoms with Gasteiger partial charge in [0.15, 0.2) is 0 Å². The van der Waals surface area contributed by atoms with E-state index >= 15 is 0 Å². The minimum atomic E-state index is -0.337. The minimum absolute atomic E-state index is 0.142. The van der Waals surface area contributed by atoms with Crippen LogP contribution >= 0.6 is 0 Å². The molecule has 0 saturated carbocycles. The van der Waals surface area contributed by atoms with Crippen LogP contribution in [0.25, 0.3) is 0 Å². The number of nitrogens with one attached hydrogen (secondary N) is 1. The fourth-order valence-corrected chi connectivity index (χ4v) is 0.964. The second kappa shape index (κ2) is 6.15. The summed E-state index contributed by atoms with van der Waals surface area (Å²) in [6.45, 7) is 6.14. The van der Waals surface area contributed by atoms with Gasteiger partial charge in [-0.05, 0) is 6.92 Å². The summed E-state index contributed by atoms with van der Waals surface area (Å²) < 4.78 is 9.60. The third-order valence-corrected chi connectivity index (χ3v) is 2.01. The fourth-order valence-electron chi connectivity index (χ4n) is 0.964. The molecule has 2 saturated heterocycles. The van der Waals surface area contributed by atoms with E-state index in [1.165, 1.54) is 0 Å². The molecule has 2 heterocycles. The van der Waals surface area contributed by atoms with Gasteiger partial charge >= 0.3 is 5.97 Å². The zero-order valence-corrected chi connectivity index (χ0v) is 9.65. The highest BCUT2D eigenvalue weighted by atomic mass is 16.6. The molecule has 2 amide bonds. The molecule has 2 aliphatic heterocycles. The topological polar surface area (TPSA) is 85.0 Å². The van der Waals surface area contributed by atoms with Gasteiger partial charge in [-0.25, -0.2) is 4.79 Å². The molecular weight excluding hydrogens is 226 g/mol. The Balaban J connectivity index is 0.000000181. The maximum atomic E-state index is 10.7. The zero-order chi connectivity index (χ0) is 12.8. The number of esters is 1. The van der Waals surface area contributed by atoms with E-state index in [1.54, 1.807) is 6.92 Å². The highest BCUT2D eigenvalue weighted by Gasteiger charge is 2.24. The molecule has 2 aliphatic rings. The number of hydrogen-bond acceptors (Lipinski definition) is 5. The summed E-state index contributed by atoms with van der Waals surface area (Å²) in [5, 5.41) is 2.14. The molecular formula is C11H15NO5. The summed E-state index contributed by atoms with van der Waals surface area (Å²) in [6.07, 6.45) is 0.890. The van der Waals surface area contributed by atoms with Gasteiger partial charge in [-0.15, -0.1) is 0 Å².